The van der Waals surface area contributed by atoms with E-state index in [9.17, 15) is 9.90 Å². The van der Waals surface area contributed by atoms with Gasteiger partial charge in [0.2, 0.25) is 5.82 Å². The van der Waals surface area contributed by atoms with Gasteiger partial charge in [0.15, 0.2) is 0 Å². The Morgan fingerprint density at radius 1 is 1.43 bits per heavy atom. The molecule has 2 atom stereocenters. The van der Waals surface area contributed by atoms with Gasteiger partial charge in [0.25, 0.3) is 11.7 Å². The summed E-state index contributed by atoms with van der Waals surface area (Å²) in [6, 6.07) is 1.89. The van der Waals surface area contributed by atoms with Crippen molar-refractivity contribution in [1.29, 1.82) is 0 Å². The van der Waals surface area contributed by atoms with Crippen LogP contribution in [0.5, 0.6) is 0 Å². The lowest BCUT2D eigenvalue weighted by Gasteiger charge is -2.13. The Morgan fingerprint density at radius 3 is 2.95 bits per heavy atom. The molecule has 0 saturated heterocycles. The normalized spacial score (nSPS) is 21.9. The third kappa shape index (κ3) is 2.73. The predicted octanol–water partition coefficient (Wildman–Crippen LogP) is 0.632. The molecule has 0 bridgehead atoms. The van der Waals surface area contributed by atoms with Crippen molar-refractivity contribution in [3.05, 3.63) is 23.3 Å². The molecule has 1 aliphatic rings. The zero-order valence-electron chi connectivity index (χ0n) is 12.2. The first-order valence-corrected chi connectivity index (χ1v) is 7.22. The topological polar surface area (TPSA) is 92.4 Å². The van der Waals surface area contributed by atoms with Crippen LogP contribution in [0.15, 0.2) is 6.07 Å². The number of aliphatic hydroxyl groups is 1. The van der Waals surface area contributed by atoms with Crippen molar-refractivity contribution in [2.45, 2.75) is 39.2 Å². The molecule has 0 radical (unpaired) electrons. The number of aromatic nitrogens is 4. The average Bonchev–Trinajstić information content (AvgIpc) is 3.02. The molecule has 0 aromatic carbocycles. The molecule has 0 aliphatic heterocycles. The van der Waals surface area contributed by atoms with E-state index in [4.69, 9.17) is 0 Å². The highest BCUT2D eigenvalue weighted by molar-refractivity contribution is 5.90. The zero-order chi connectivity index (χ0) is 15.0. The van der Waals surface area contributed by atoms with Crippen molar-refractivity contribution in [1.82, 2.24) is 24.9 Å². The number of carbonyl (C=O) groups is 1. The molecule has 3 rings (SSSR count). The molecule has 7 nitrogen and oxygen atoms in total. The third-order valence-electron chi connectivity index (χ3n) is 3.97. The van der Waals surface area contributed by atoms with Crippen LogP contribution in [0.2, 0.25) is 0 Å². The van der Waals surface area contributed by atoms with Gasteiger partial charge in [-0.25, -0.2) is 9.50 Å². The molecule has 21 heavy (non-hydrogen) atoms. The number of hydrogen-bond acceptors (Lipinski definition) is 5. The summed E-state index contributed by atoms with van der Waals surface area (Å²) in [5.74, 6) is 0.354. The smallest absolute Gasteiger partial charge is 0.291 e. The molecule has 1 aliphatic carbocycles. The fourth-order valence-corrected chi connectivity index (χ4v) is 2.82. The van der Waals surface area contributed by atoms with E-state index >= 15 is 0 Å². The Hall–Kier alpha value is -2.02. The number of hydrogen-bond donors (Lipinski definition) is 2. The lowest BCUT2D eigenvalue weighted by atomic mass is 10.1. The third-order valence-corrected chi connectivity index (χ3v) is 3.97. The zero-order valence-corrected chi connectivity index (χ0v) is 12.2. The summed E-state index contributed by atoms with van der Waals surface area (Å²) in [6.07, 6.45) is 2.46. The molecule has 1 saturated carbocycles. The van der Waals surface area contributed by atoms with Crippen molar-refractivity contribution < 1.29 is 9.90 Å². The highest BCUT2D eigenvalue weighted by Gasteiger charge is 2.26. The molecular formula is C14H19N5O2. The van der Waals surface area contributed by atoms with Gasteiger partial charge in [-0.15, -0.1) is 5.10 Å². The van der Waals surface area contributed by atoms with E-state index in [0.29, 0.717) is 12.3 Å². The summed E-state index contributed by atoms with van der Waals surface area (Å²) in [6.45, 7) is 4.23. The van der Waals surface area contributed by atoms with Gasteiger partial charge in [0.05, 0.1) is 6.10 Å². The molecule has 0 spiro atoms. The van der Waals surface area contributed by atoms with Gasteiger partial charge in [-0.05, 0) is 32.8 Å². The lowest BCUT2D eigenvalue weighted by molar-refractivity contribution is 0.0907. The number of nitrogens with one attached hydrogen (secondary N) is 1. The first kappa shape index (κ1) is 13.9. The number of nitrogens with zero attached hydrogens (tertiary/aromatic N) is 4. The standard InChI is InChI=1S/C14H19N5O2/c1-8-6-9(2)19-14(16-8)17-12(18-19)13(21)15-7-10-4-3-5-11(10)20/h6,10-11,20H,3-5,7H2,1-2H3,(H,15,21). The SMILES string of the molecule is Cc1cc(C)n2nc(C(=O)NCC3CCCC3O)nc2n1. The van der Waals surface area contributed by atoms with Gasteiger partial charge in [0.1, 0.15) is 0 Å². The predicted molar refractivity (Wildman–Crippen MR) is 75.9 cm³/mol. The molecule has 1 fully saturated rings. The molecule has 2 aromatic rings. The van der Waals surface area contributed by atoms with Crippen LogP contribution in [0.25, 0.3) is 5.78 Å². The van der Waals surface area contributed by atoms with E-state index in [1.807, 2.05) is 19.9 Å². The summed E-state index contributed by atoms with van der Waals surface area (Å²) in [5, 5.41) is 16.7. The van der Waals surface area contributed by atoms with Gasteiger partial charge < -0.3 is 10.4 Å². The van der Waals surface area contributed by atoms with Gasteiger partial charge in [-0.2, -0.15) is 4.98 Å². The molecule has 2 heterocycles. The van der Waals surface area contributed by atoms with Crippen molar-refractivity contribution in [2.24, 2.45) is 5.92 Å². The number of fused-ring (bicyclic) bond motifs is 1. The Kier molecular flexibility index (Phi) is 3.59. The fraction of sp³-hybridized carbons (Fsp3) is 0.571. The highest BCUT2D eigenvalue weighted by atomic mass is 16.3. The molecular weight excluding hydrogens is 270 g/mol. The minimum atomic E-state index is -0.323. The Morgan fingerprint density at radius 2 is 2.24 bits per heavy atom. The van der Waals surface area contributed by atoms with Gasteiger partial charge in [0, 0.05) is 23.9 Å². The largest absolute Gasteiger partial charge is 0.393 e. The van der Waals surface area contributed by atoms with Crippen LogP contribution < -0.4 is 5.32 Å². The number of aryl methyl sites for hydroxylation is 2. The second-order valence-corrected chi connectivity index (χ2v) is 5.65. The van der Waals surface area contributed by atoms with Gasteiger partial charge in [-0.3, -0.25) is 4.79 Å². The van der Waals surface area contributed by atoms with Crippen LogP contribution in [0.4, 0.5) is 0 Å². The Labute approximate surface area is 122 Å². The molecule has 2 N–H and O–H groups in total. The fourth-order valence-electron chi connectivity index (χ4n) is 2.82. The lowest BCUT2D eigenvalue weighted by Crippen LogP contribution is -2.33. The number of rotatable bonds is 3. The van der Waals surface area contributed by atoms with Crippen molar-refractivity contribution in [3.8, 4) is 0 Å². The maximum atomic E-state index is 12.1. The van der Waals surface area contributed by atoms with Gasteiger partial charge >= 0.3 is 0 Å². The van der Waals surface area contributed by atoms with Crippen LogP contribution in [-0.4, -0.2) is 43.2 Å². The second-order valence-electron chi connectivity index (χ2n) is 5.65. The van der Waals surface area contributed by atoms with Crippen molar-refractivity contribution in [2.75, 3.05) is 6.54 Å². The van der Waals surface area contributed by atoms with Gasteiger partial charge in [-0.1, -0.05) is 6.42 Å². The molecule has 2 unspecified atom stereocenters. The minimum Gasteiger partial charge on any atom is -0.393 e. The summed E-state index contributed by atoms with van der Waals surface area (Å²) in [4.78, 5) is 20.5. The van der Waals surface area contributed by atoms with E-state index < -0.39 is 0 Å². The molecule has 112 valence electrons. The summed E-state index contributed by atoms with van der Waals surface area (Å²) < 4.78 is 1.56. The summed E-state index contributed by atoms with van der Waals surface area (Å²) >= 11 is 0. The first-order valence-electron chi connectivity index (χ1n) is 7.22. The van der Waals surface area contributed by atoms with Crippen LogP contribution >= 0.6 is 0 Å². The maximum absolute atomic E-state index is 12.1. The van der Waals surface area contributed by atoms with E-state index in [1.54, 1.807) is 4.52 Å². The number of aliphatic hydroxyl groups excluding tert-OH is 1. The Bertz CT molecular complexity index is 681. The number of amides is 1. The van der Waals surface area contributed by atoms with Crippen LogP contribution in [0.3, 0.4) is 0 Å². The molecule has 7 heteroatoms. The quantitative estimate of drug-likeness (QED) is 0.864. The summed E-state index contributed by atoms with van der Waals surface area (Å²) in [7, 11) is 0. The van der Waals surface area contributed by atoms with E-state index in [1.165, 1.54) is 0 Å². The second kappa shape index (κ2) is 5.40. The van der Waals surface area contributed by atoms with Crippen LogP contribution in [0, 0.1) is 19.8 Å². The van der Waals surface area contributed by atoms with E-state index in [2.05, 4.69) is 20.4 Å². The minimum absolute atomic E-state index is 0.115. The molecule has 1 amide bonds. The van der Waals surface area contributed by atoms with Crippen molar-refractivity contribution >= 4 is 11.7 Å². The monoisotopic (exact) mass is 289 g/mol. The number of carbonyl (C=O) groups excluding carboxylic acids is 1. The van der Waals surface area contributed by atoms with Crippen molar-refractivity contribution in [3.63, 3.8) is 0 Å². The first-order chi connectivity index (χ1) is 10.0. The summed E-state index contributed by atoms with van der Waals surface area (Å²) in [5.41, 5.74) is 1.73. The van der Waals surface area contributed by atoms with Crippen LogP contribution in [0.1, 0.15) is 41.3 Å². The highest BCUT2D eigenvalue weighted by Crippen LogP contribution is 2.24. The maximum Gasteiger partial charge on any atom is 0.291 e. The van der Waals surface area contributed by atoms with E-state index in [0.717, 1.165) is 30.7 Å². The van der Waals surface area contributed by atoms with Crippen LogP contribution in [-0.2, 0) is 0 Å². The molecule has 2 aromatic heterocycles. The average molecular weight is 289 g/mol. The Balaban J connectivity index is 1.74. The van der Waals surface area contributed by atoms with E-state index in [-0.39, 0.29) is 23.8 Å².